The summed E-state index contributed by atoms with van der Waals surface area (Å²) in [5.41, 5.74) is 0.667. The van der Waals surface area contributed by atoms with Gasteiger partial charge < -0.3 is 10.2 Å². The zero-order valence-electron chi connectivity index (χ0n) is 9.72. The van der Waals surface area contributed by atoms with Crippen molar-refractivity contribution in [1.82, 2.24) is 10.2 Å². The number of carbonyl (C=O) groups is 1. The Kier molecular flexibility index (Phi) is 4.03. The quantitative estimate of drug-likeness (QED) is 0.881. The Morgan fingerprint density at radius 1 is 1.47 bits per heavy atom. The molecular weight excluding hydrogens is 234 g/mol. The van der Waals surface area contributed by atoms with E-state index in [0.717, 1.165) is 17.5 Å². The summed E-state index contributed by atoms with van der Waals surface area (Å²) in [7, 11) is 2.01. The molecule has 1 heterocycles. The van der Waals surface area contributed by atoms with Gasteiger partial charge in [0.05, 0.1) is 0 Å². The van der Waals surface area contributed by atoms with E-state index in [1.54, 1.807) is 23.9 Å². The number of amidine groups is 1. The fourth-order valence-electron chi connectivity index (χ4n) is 1.52. The molecule has 0 unspecified atom stereocenters. The number of rotatable bonds is 3. The van der Waals surface area contributed by atoms with Crippen LogP contribution in [0.4, 0.5) is 0 Å². The lowest BCUT2D eigenvalue weighted by molar-refractivity contribution is 0.0955. The lowest BCUT2D eigenvalue weighted by Crippen LogP contribution is -2.26. The van der Waals surface area contributed by atoms with Crippen molar-refractivity contribution in [2.45, 2.75) is 0 Å². The van der Waals surface area contributed by atoms with Crippen LogP contribution in [0.2, 0.25) is 0 Å². The predicted octanol–water partition coefficient (Wildman–Crippen LogP) is 1.41. The highest BCUT2D eigenvalue weighted by Gasteiger charge is 2.14. The van der Waals surface area contributed by atoms with Crippen LogP contribution < -0.4 is 5.32 Å². The molecule has 0 saturated carbocycles. The standard InChI is InChI=1S/C12H15N3OS/c1-15-7-8-17-12(15)14-9-13-11(16)10-5-3-2-4-6-10/h2-6H,7-9H2,1H3,(H,13,16)/b14-12-. The van der Waals surface area contributed by atoms with Gasteiger partial charge in [0.2, 0.25) is 0 Å². The fourth-order valence-corrected chi connectivity index (χ4v) is 2.53. The zero-order valence-corrected chi connectivity index (χ0v) is 10.5. The second-order valence-corrected chi connectivity index (χ2v) is 4.80. The number of nitrogens with one attached hydrogen (secondary N) is 1. The number of aliphatic imine (C=N–C) groups is 1. The molecule has 1 aliphatic rings. The molecule has 1 aliphatic heterocycles. The molecule has 5 heteroatoms. The van der Waals surface area contributed by atoms with Crippen LogP contribution in [-0.4, -0.2) is 42.0 Å². The van der Waals surface area contributed by atoms with E-state index in [-0.39, 0.29) is 5.91 Å². The van der Waals surface area contributed by atoms with Crippen molar-refractivity contribution in [3.05, 3.63) is 35.9 Å². The lowest BCUT2D eigenvalue weighted by atomic mass is 10.2. The van der Waals surface area contributed by atoms with Gasteiger partial charge in [0, 0.05) is 24.9 Å². The minimum Gasteiger partial charge on any atom is -0.354 e. The summed E-state index contributed by atoms with van der Waals surface area (Å²) in [6.07, 6.45) is 0. The van der Waals surface area contributed by atoms with Crippen LogP contribution in [0.5, 0.6) is 0 Å². The van der Waals surface area contributed by atoms with Crippen LogP contribution in [-0.2, 0) is 0 Å². The average Bonchev–Trinajstić information content (AvgIpc) is 2.76. The van der Waals surface area contributed by atoms with Crippen molar-refractivity contribution in [2.75, 3.05) is 26.0 Å². The molecule has 0 radical (unpaired) electrons. The number of benzene rings is 1. The van der Waals surface area contributed by atoms with E-state index in [0.29, 0.717) is 12.2 Å². The second-order valence-electron chi connectivity index (χ2n) is 3.74. The van der Waals surface area contributed by atoms with E-state index >= 15 is 0 Å². The molecule has 0 aliphatic carbocycles. The summed E-state index contributed by atoms with van der Waals surface area (Å²) in [5.74, 6) is 0.989. The number of nitrogens with zero attached hydrogens (tertiary/aromatic N) is 2. The van der Waals surface area contributed by atoms with Crippen LogP contribution >= 0.6 is 11.8 Å². The third kappa shape index (κ3) is 3.23. The fraction of sp³-hybridized carbons (Fsp3) is 0.333. The first kappa shape index (κ1) is 12.0. The van der Waals surface area contributed by atoms with Gasteiger partial charge in [-0.1, -0.05) is 30.0 Å². The molecule has 1 aromatic carbocycles. The van der Waals surface area contributed by atoms with E-state index in [9.17, 15) is 4.79 Å². The van der Waals surface area contributed by atoms with Gasteiger partial charge in [0.15, 0.2) is 5.17 Å². The van der Waals surface area contributed by atoms with Gasteiger partial charge in [0.1, 0.15) is 6.67 Å². The first-order valence-electron chi connectivity index (χ1n) is 5.49. The minimum absolute atomic E-state index is 0.0828. The molecule has 0 atom stereocenters. The molecule has 0 aromatic heterocycles. The summed E-state index contributed by atoms with van der Waals surface area (Å²) < 4.78 is 0. The smallest absolute Gasteiger partial charge is 0.252 e. The summed E-state index contributed by atoms with van der Waals surface area (Å²) in [4.78, 5) is 18.1. The molecule has 90 valence electrons. The van der Waals surface area contributed by atoms with Gasteiger partial charge in [-0.3, -0.25) is 4.79 Å². The number of amides is 1. The van der Waals surface area contributed by atoms with Gasteiger partial charge in [-0.2, -0.15) is 0 Å². The average molecular weight is 249 g/mol. The van der Waals surface area contributed by atoms with Gasteiger partial charge in [-0.05, 0) is 12.1 Å². The van der Waals surface area contributed by atoms with E-state index in [2.05, 4.69) is 15.2 Å². The van der Waals surface area contributed by atoms with Crippen LogP contribution in [0, 0.1) is 0 Å². The van der Waals surface area contributed by atoms with Crippen molar-refractivity contribution >= 4 is 22.8 Å². The highest BCUT2D eigenvalue weighted by Crippen LogP contribution is 2.15. The number of hydrogen-bond acceptors (Lipinski definition) is 3. The highest BCUT2D eigenvalue weighted by molar-refractivity contribution is 8.14. The maximum Gasteiger partial charge on any atom is 0.252 e. The number of carbonyl (C=O) groups excluding carboxylic acids is 1. The summed E-state index contributed by atoms with van der Waals surface area (Å²) >= 11 is 1.72. The van der Waals surface area contributed by atoms with Gasteiger partial charge in [0.25, 0.3) is 5.91 Å². The van der Waals surface area contributed by atoms with Crippen LogP contribution in [0.3, 0.4) is 0 Å². The molecule has 0 spiro atoms. The molecule has 2 rings (SSSR count). The zero-order chi connectivity index (χ0) is 12.1. The topological polar surface area (TPSA) is 44.7 Å². The Bertz CT molecular complexity index is 419. The molecular formula is C12H15N3OS. The van der Waals surface area contributed by atoms with Crippen molar-refractivity contribution in [1.29, 1.82) is 0 Å². The molecule has 1 amide bonds. The molecule has 1 fully saturated rings. The molecule has 0 bridgehead atoms. The number of hydrogen-bond donors (Lipinski definition) is 1. The maximum absolute atomic E-state index is 11.7. The van der Waals surface area contributed by atoms with Gasteiger partial charge in [-0.15, -0.1) is 0 Å². The SMILES string of the molecule is CN1CCS/C1=N\CNC(=O)c1ccccc1. The van der Waals surface area contributed by atoms with E-state index in [1.165, 1.54) is 0 Å². The van der Waals surface area contributed by atoms with E-state index in [4.69, 9.17) is 0 Å². The highest BCUT2D eigenvalue weighted by atomic mass is 32.2. The van der Waals surface area contributed by atoms with E-state index in [1.807, 2.05) is 25.2 Å². The number of thioether (sulfide) groups is 1. The summed E-state index contributed by atoms with van der Waals surface area (Å²) in [6.45, 7) is 1.36. The largest absolute Gasteiger partial charge is 0.354 e. The third-order valence-electron chi connectivity index (χ3n) is 2.47. The monoisotopic (exact) mass is 249 g/mol. The molecule has 1 aromatic rings. The Morgan fingerprint density at radius 2 is 2.24 bits per heavy atom. The van der Waals surface area contributed by atoms with Gasteiger partial charge in [-0.25, -0.2) is 4.99 Å². The Labute approximate surface area is 105 Å². The minimum atomic E-state index is -0.0828. The van der Waals surface area contributed by atoms with E-state index < -0.39 is 0 Å². The van der Waals surface area contributed by atoms with Crippen molar-refractivity contribution < 1.29 is 4.79 Å². The van der Waals surface area contributed by atoms with Crippen LogP contribution in [0.25, 0.3) is 0 Å². The summed E-state index contributed by atoms with van der Waals surface area (Å²) in [5, 5.41) is 3.78. The Balaban J connectivity index is 1.85. The van der Waals surface area contributed by atoms with Crippen molar-refractivity contribution in [2.24, 2.45) is 4.99 Å². The lowest BCUT2D eigenvalue weighted by Gasteiger charge is -2.09. The molecule has 4 nitrogen and oxygen atoms in total. The first-order chi connectivity index (χ1) is 8.27. The van der Waals surface area contributed by atoms with Crippen molar-refractivity contribution in [3.8, 4) is 0 Å². The van der Waals surface area contributed by atoms with Crippen LogP contribution in [0.1, 0.15) is 10.4 Å². The van der Waals surface area contributed by atoms with Gasteiger partial charge >= 0.3 is 0 Å². The summed E-state index contributed by atoms with van der Waals surface area (Å²) in [6, 6.07) is 9.17. The van der Waals surface area contributed by atoms with Crippen LogP contribution in [0.15, 0.2) is 35.3 Å². The normalized spacial score (nSPS) is 17.5. The Morgan fingerprint density at radius 3 is 2.88 bits per heavy atom. The molecule has 17 heavy (non-hydrogen) atoms. The third-order valence-corrected chi connectivity index (χ3v) is 3.56. The maximum atomic E-state index is 11.7. The predicted molar refractivity (Wildman–Crippen MR) is 71.3 cm³/mol. The second kappa shape index (κ2) is 5.72. The van der Waals surface area contributed by atoms with Crippen molar-refractivity contribution in [3.63, 3.8) is 0 Å². The first-order valence-corrected chi connectivity index (χ1v) is 6.47. The molecule has 1 N–H and O–H groups in total. The Hall–Kier alpha value is -1.49. The molecule has 1 saturated heterocycles.